The van der Waals surface area contributed by atoms with Crippen LogP contribution < -0.4 is 0 Å². The summed E-state index contributed by atoms with van der Waals surface area (Å²) in [6, 6.07) is 5.87. The molecule has 1 aromatic heterocycles. The lowest BCUT2D eigenvalue weighted by atomic mass is 10.3. The molecule has 0 saturated heterocycles. The van der Waals surface area contributed by atoms with Crippen molar-refractivity contribution in [3.05, 3.63) is 29.6 Å². The van der Waals surface area contributed by atoms with Gasteiger partial charge in [0.1, 0.15) is 0 Å². The van der Waals surface area contributed by atoms with Gasteiger partial charge in [-0.15, -0.1) is 0 Å². The maximum atomic E-state index is 4.27. The van der Waals surface area contributed by atoms with Crippen LogP contribution >= 0.6 is 0 Å². The molecule has 0 unspecified atom stereocenters. The van der Waals surface area contributed by atoms with Crippen molar-refractivity contribution in [2.45, 2.75) is 6.92 Å². The Bertz CT molecular complexity index is 279. The molecule has 3 heteroatoms. The summed E-state index contributed by atoms with van der Waals surface area (Å²) in [5.74, 6) is 0. The third kappa shape index (κ3) is 2.70. The molecule has 1 aromatic rings. The van der Waals surface area contributed by atoms with Gasteiger partial charge in [-0.3, -0.25) is 4.98 Å². The average Bonchev–Trinajstić information content (AvgIpc) is 2.01. The first-order valence-corrected chi connectivity index (χ1v) is 3.83. The molecule has 0 bridgehead atoms. The van der Waals surface area contributed by atoms with Crippen molar-refractivity contribution in [3.63, 3.8) is 0 Å². The summed E-state index contributed by atoms with van der Waals surface area (Å²) in [5.41, 5.74) is 1.90. The number of rotatable bonds is 2. The molecule has 0 fully saturated rings. The van der Waals surface area contributed by atoms with Gasteiger partial charge in [0.05, 0.1) is 11.9 Å². The Balaban J connectivity index is 2.76. The summed E-state index contributed by atoms with van der Waals surface area (Å²) in [6.45, 7) is 1.97. The molecular formula is C9H13N3. The maximum absolute atomic E-state index is 4.27. The summed E-state index contributed by atoms with van der Waals surface area (Å²) < 4.78 is 0. The van der Waals surface area contributed by atoms with Crippen molar-refractivity contribution in [2.24, 2.45) is 5.10 Å². The third-order valence-corrected chi connectivity index (χ3v) is 1.33. The van der Waals surface area contributed by atoms with Crippen LogP contribution in [-0.4, -0.2) is 30.3 Å². The Morgan fingerprint density at radius 1 is 1.42 bits per heavy atom. The first-order valence-electron chi connectivity index (χ1n) is 3.83. The van der Waals surface area contributed by atoms with Gasteiger partial charge in [0.15, 0.2) is 0 Å². The smallest absolute Gasteiger partial charge is 0.0833 e. The number of aromatic nitrogens is 1. The van der Waals surface area contributed by atoms with Crippen molar-refractivity contribution in [1.82, 2.24) is 9.99 Å². The molecule has 0 amide bonds. The quantitative estimate of drug-likeness (QED) is 0.485. The zero-order valence-corrected chi connectivity index (χ0v) is 7.65. The number of aryl methyl sites for hydroxylation is 1. The minimum atomic E-state index is 0.892. The zero-order valence-electron chi connectivity index (χ0n) is 7.65. The Morgan fingerprint density at radius 2 is 2.17 bits per heavy atom. The van der Waals surface area contributed by atoms with E-state index in [1.54, 1.807) is 11.2 Å². The highest BCUT2D eigenvalue weighted by Gasteiger charge is 1.88. The molecule has 0 N–H and O–H groups in total. The number of hydrogen-bond donors (Lipinski definition) is 0. The van der Waals surface area contributed by atoms with Crippen molar-refractivity contribution < 1.29 is 0 Å². The van der Waals surface area contributed by atoms with E-state index in [1.807, 2.05) is 39.2 Å². The standard InChI is InChI=1S/C9H13N3/c1-8-5-4-6-9(11-8)7-10-12(2)3/h4-7H,1-3H3/b10-7+. The normalized spacial score (nSPS) is 10.6. The molecule has 0 aromatic carbocycles. The van der Waals surface area contributed by atoms with Gasteiger partial charge in [0.2, 0.25) is 0 Å². The summed E-state index contributed by atoms with van der Waals surface area (Å²) in [7, 11) is 3.76. The van der Waals surface area contributed by atoms with Gasteiger partial charge in [-0.1, -0.05) is 6.07 Å². The second-order valence-electron chi connectivity index (χ2n) is 2.80. The van der Waals surface area contributed by atoms with E-state index in [9.17, 15) is 0 Å². The van der Waals surface area contributed by atoms with Crippen molar-refractivity contribution in [3.8, 4) is 0 Å². The Hall–Kier alpha value is -1.38. The van der Waals surface area contributed by atoms with Gasteiger partial charge in [-0.05, 0) is 19.1 Å². The molecule has 1 heterocycles. The van der Waals surface area contributed by atoms with E-state index >= 15 is 0 Å². The highest BCUT2D eigenvalue weighted by atomic mass is 15.4. The van der Waals surface area contributed by atoms with E-state index in [-0.39, 0.29) is 0 Å². The van der Waals surface area contributed by atoms with E-state index in [0.29, 0.717) is 0 Å². The number of hydrogen-bond acceptors (Lipinski definition) is 3. The molecule has 64 valence electrons. The van der Waals surface area contributed by atoms with Gasteiger partial charge >= 0.3 is 0 Å². The van der Waals surface area contributed by atoms with Crippen LogP contribution in [0, 0.1) is 6.92 Å². The maximum Gasteiger partial charge on any atom is 0.0833 e. The predicted octanol–water partition coefficient (Wildman–Crippen LogP) is 1.29. The van der Waals surface area contributed by atoms with Crippen LogP contribution in [0.1, 0.15) is 11.4 Å². The lowest BCUT2D eigenvalue weighted by Gasteiger charge is -2.01. The van der Waals surface area contributed by atoms with Gasteiger partial charge in [-0.2, -0.15) is 5.10 Å². The highest BCUT2D eigenvalue weighted by Crippen LogP contribution is 1.94. The Morgan fingerprint density at radius 3 is 2.75 bits per heavy atom. The minimum Gasteiger partial charge on any atom is -0.303 e. The molecule has 0 spiro atoms. The first-order chi connectivity index (χ1) is 5.68. The fourth-order valence-corrected chi connectivity index (χ4v) is 0.811. The lowest BCUT2D eigenvalue weighted by molar-refractivity contribution is 0.440. The van der Waals surface area contributed by atoms with E-state index in [0.717, 1.165) is 11.4 Å². The molecule has 0 aliphatic heterocycles. The van der Waals surface area contributed by atoms with Crippen molar-refractivity contribution in [2.75, 3.05) is 14.1 Å². The van der Waals surface area contributed by atoms with E-state index in [1.165, 1.54) is 0 Å². The van der Waals surface area contributed by atoms with Crippen LogP contribution in [-0.2, 0) is 0 Å². The fourth-order valence-electron chi connectivity index (χ4n) is 0.811. The molecule has 12 heavy (non-hydrogen) atoms. The van der Waals surface area contributed by atoms with Crippen LogP contribution in [0.4, 0.5) is 0 Å². The SMILES string of the molecule is Cc1cccc(/C=N/N(C)C)n1. The summed E-state index contributed by atoms with van der Waals surface area (Å²) >= 11 is 0. The molecule has 0 radical (unpaired) electrons. The molecular weight excluding hydrogens is 150 g/mol. The second kappa shape index (κ2) is 3.85. The number of pyridine rings is 1. The molecule has 0 atom stereocenters. The van der Waals surface area contributed by atoms with E-state index in [2.05, 4.69) is 10.1 Å². The first kappa shape index (κ1) is 8.71. The molecule has 0 aliphatic rings. The summed E-state index contributed by atoms with van der Waals surface area (Å²) in [5, 5.41) is 5.82. The van der Waals surface area contributed by atoms with E-state index in [4.69, 9.17) is 0 Å². The zero-order chi connectivity index (χ0) is 8.97. The van der Waals surface area contributed by atoms with Crippen LogP contribution in [0.2, 0.25) is 0 Å². The van der Waals surface area contributed by atoms with Crippen LogP contribution in [0.15, 0.2) is 23.3 Å². The molecule has 1 rings (SSSR count). The molecule has 0 saturated carbocycles. The second-order valence-corrected chi connectivity index (χ2v) is 2.80. The monoisotopic (exact) mass is 163 g/mol. The number of nitrogens with zero attached hydrogens (tertiary/aromatic N) is 3. The third-order valence-electron chi connectivity index (χ3n) is 1.33. The summed E-state index contributed by atoms with van der Waals surface area (Å²) in [4.78, 5) is 4.27. The van der Waals surface area contributed by atoms with Gasteiger partial charge in [0, 0.05) is 19.8 Å². The average molecular weight is 163 g/mol. The van der Waals surface area contributed by atoms with Crippen LogP contribution in [0.25, 0.3) is 0 Å². The largest absolute Gasteiger partial charge is 0.303 e. The predicted molar refractivity (Wildman–Crippen MR) is 50.3 cm³/mol. The number of hydrazone groups is 1. The molecule has 0 aliphatic carbocycles. The Labute approximate surface area is 72.7 Å². The fraction of sp³-hybridized carbons (Fsp3) is 0.333. The van der Waals surface area contributed by atoms with Crippen molar-refractivity contribution in [1.29, 1.82) is 0 Å². The van der Waals surface area contributed by atoms with Crippen LogP contribution in [0.3, 0.4) is 0 Å². The molecule has 3 nitrogen and oxygen atoms in total. The summed E-state index contributed by atoms with van der Waals surface area (Å²) in [6.07, 6.45) is 1.74. The van der Waals surface area contributed by atoms with Crippen molar-refractivity contribution >= 4 is 6.21 Å². The topological polar surface area (TPSA) is 28.5 Å². The Kier molecular flexibility index (Phi) is 2.80. The van der Waals surface area contributed by atoms with Gasteiger partial charge in [0.25, 0.3) is 0 Å². The van der Waals surface area contributed by atoms with E-state index < -0.39 is 0 Å². The van der Waals surface area contributed by atoms with Gasteiger partial charge < -0.3 is 5.01 Å². The lowest BCUT2D eigenvalue weighted by Crippen LogP contribution is -2.02. The highest BCUT2D eigenvalue weighted by molar-refractivity contribution is 5.76. The van der Waals surface area contributed by atoms with Gasteiger partial charge in [-0.25, -0.2) is 0 Å². The van der Waals surface area contributed by atoms with Crippen LogP contribution in [0.5, 0.6) is 0 Å². The minimum absolute atomic E-state index is 0.892.